The molecule has 2 aromatic rings. The van der Waals surface area contributed by atoms with Gasteiger partial charge in [0.25, 0.3) is 0 Å². The highest BCUT2D eigenvalue weighted by atomic mass is 28.3. The van der Waals surface area contributed by atoms with Crippen molar-refractivity contribution in [2.24, 2.45) is 0 Å². The van der Waals surface area contributed by atoms with Crippen molar-refractivity contribution in [1.82, 2.24) is 0 Å². The second-order valence-electron chi connectivity index (χ2n) is 7.81. The Hall–Kier alpha value is -0.866. The van der Waals surface area contributed by atoms with Gasteiger partial charge >= 0.3 is 0 Å². The minimum atomic E-state index is -1.26. The van der Waals surface area contributed by atoms with E-state index in [1.807, 2.05) is 10.4 Å². The highest BCUT2D eigenvalue weighted by Crippen LogP contribution is 2.31. The van der Waals surface area contributed by atoms with E-state index in [-0.39, 0.29) is 0 Å². The molecule has 20 heavy (non-hydrogen) atoms. The molecule has 2 aromatic carbocycles. The zero-order chi connectivity index (χ0) is 14.7. The molecule has 1 aliphatic heterocycles. The molecule has 0 unspecified atom stereocenters. The van der Waals surface area contributed by atoms with Crippen molar-refractivity contribution in [1.29, 1.82) is 0 Å². The molecule has 0 nitrogen and oxygen atoms in total. The average molecular weight is 299 g/mol. The molecule has 0 saturated carbocycles. The van der Waals surface area contributed by atoms with Crippen molar-refractivity contribution in [3.05, 3.63) is 35.4 Å². The van der Waals surface area contributed by atoms with E-state index in [0.29, 0.717) is 0 Å². The van der Waals surface area contributed by atoms with E-state index < -0.39 is 16.1 Å². The molecule has 0 spiro atoms. The fourth-order valence-electron chi connectivity index (χ4n) is 4.35. The second-order valence-corrected chi connectivity index (χ2v) is 17.3. The third-order valence-corrected chi connectivity index (χ3v) is 13.2. The smallest absolute Gasteiger partial charge is 0.0654 e. The summed E-state index contributed by atoms with van der Waals surface area (Å²) in [7, 11) is -2.52. The molecule has 0 fully saturated rings. The van der Waals surface area contributed by atoms with Crippen molar-refractivity contribution in [2.75, 3.05) is 0 Å². The number of rotatable bonds is 0. The first-order chi connectivity index (χ1) is 9.26. The lowest BCUT2D eigenvalue weighted by molar-refractivity contribution is 1.27. The number of benzene rings is 2. The molecular weight excluding hydrogens is 272 g/mol. The topological polar surface area (TPSA) is 0 Å². The molecule has 0 atom stereocenters. The first-order valence-electron chi connectivity index (χ1n) is 7.78. The highest BCUT2D eigenvalue weighted by molar-refractivity contribution is 7.04. The van der Waals surface area contributed by atoms with Crippen molar-refractivity contribution in [3.8, 4) is 0 Å². The molecule has 2 heteroatoms. The number of fused-ring (bicyclic) bond motifs is 2. The first-order valence-corrected chi connectivity index (χ1v) is 14.2. The Morgan fingerprint density at radius 1 is 0.700 bits per heavy atom. The summed E-state index contributed by atoms with van der Waals surface area (Å²) in [6.07, 6.45) is 0. The monoisotopic (exact) mass is 298 g/mol. The first kappa shape index (κ1) is 14.1. The standard InChI is InChI=1S/C18H26Si2/c1-13-15-9-7-8-10-16(15)14(2)18-17(13)19(3,4)11-12-20(18,5)6/h7-10H,11-12H2,1-6H3. The summed E-state index contributed by atoms with van der Waals surface area (Å²) < 4.78 is 0. The van der Waals surface area contributed by atoms with E-state index in [2.05, 4.69) is 64.3 Å². The lowest BCUT2D eigenvalue weighted by atomic mass is 10.0. The zero-order valence-corrected chi connectivity index (χ0v) is 15.7. The molecule has 0 bridgehead atoms. The van der Waals surface area contributed by atoms with Gasteiger partial charge in [-0.2, -0.15) is 0 Å². The Kier molecular flexibility index (Phi) is 3.04. The second kappa shape index (κ2) is 4.31. The Balaban J connectivity index is 2.53. The van der Waals surface area contributed by atoms with Crippen LogP contribution in [0.4, 0.5) is 0 Å². The Morgan fingerprint density at radius 3 is 1.40 bits per heavy atom. The van der Waals surface area contributed by atoms with Crippen LogP contribution in [0.15, 0.2) is 24.3 Å². The van der Waals surface area contributed by atoms with Crippen LogP contribution < -0.4 is 10.4 Å². The van der Waals surface area contributed by atoms with Gasteiger partial charge in [0.2, 0.25) is 0 Å². The van der Waals surface area contributed by atoms with Crippen LogP contribution in [0.3, 0.4) is 0 Å². The van der Waals surface area contributed by atoms with Gasteiger partial charge in [-0.3, -0.25) is 0 Å². The van der Waals surface area contributed by atoms with Crippen LogP contribution in [0, 0.1) is 13.8 Å². The normalized spacial score (nSPS) is 19.9. The van der Waals surface area contributed by atoms with E-state index in [1.165, 1.54) is 22.9 Å². The van der Waals surface area contributed by atoms with Crippen molar-refractivity contribution in [3.63, 3.8) is 0 Å². The lowest BCUT2D eigenvalue weighted by Gasteiger charge is -2.42. The predicted molar refractivity (Wildman–Crippen MR) is 97.3 cm³/mol. The average Bonchev–Trinajstić information content (AvgIpc) is 2.39. The molecular formula is C18H26Si2. The van der Waals surface area contributed by atoms with Crippen molar-refractivity contribution in [2.45, 2.75) is 52.1 Å². The van der Waals surface area contributed by atoms with Crippen LogP contribution in [0.5, 0.6) is 0 Å². The van der Waals surface area contributed by atoms with E-state index in [1.54, 1.807) is 11.1 Å². The van der Waals surface area contributed by atoms with Crippen LogP contribution in [-0.2, 0) is 0 Å². The molecule has 0 aromatic heterocycles. The SMILES string of the molecule is Cc1c2c(c(C)c3ccccc13)[Si](C)(C)CC[Si]2(C)C. The molecule has 1 heterocycles. The number of hydrogen-bond donors (Lipinski definition) is 0. The lowest BCUT2D eigenvalue weighted by Crippen LogP contribution is -2.65. The van der Waals surface area contributed by atoms with Crippen LogP contribution in [0.2, 0.25) is 38.3 Å². The van der Waals surface area contributed by atoms with Gasteiger partial charge in [0, 0.05) is 0 Å². The van der Waals surface area contributed by atoms with E-state index in [0.717, 1.165) is 0 Å². The van der Waals surface area contributed by atoms with Crippen LogP contribution in [0.1, 0.15) is 11.1 Å². The van der Waals surface area contributed by atoms with Crippen LogP contribution in [-0.4, -0.2) is 16.1 Å². The highest BCUT2D eigenvalue weighted by Gasteiger charge is 2.41. The van der Waals surface area contributed by atoms with Gasteiger partial charge in [0.05, 0.1) is 16.1 Å². The Morgan fingerprint density at radius 2 is 1.05 bits per heavy atom. The van der Waals surface area contributed by atoms with Crippen LogP contribution in [0.25, 0.3) is 10.8 Å². The molecule has 0 amide bonds. The summed E-state index contributed by atoms with van der Waals surface area (Å²) in [6, 6.07) is 12.0. The zero-order valence-electron chi connectivity index (χ0n) is 13.7. The van der Waals surface area contributed by atoms with Gasteiger partial charge in [0.1, 0.15) is 0 Å². The molecule has 3 rings (SSSR count). The third-order valence-electron chi connectivity index (χ3n) is 5.46. The summed E-state index contributed by atoms with van der Waals surface area (Å²) in [5, 5.41) is 6.63. The quantitative estimate of drug-likeness (QED) is 0.636. The predicted octanol–water partition coefficient (Wildman–Crippen LogP) is 4.30. The van der Waals surface area contributed by atoms with Gasteiger partial charge in [-0.15, -0.1) is 0 Å². The molecule has 106 valence electrons. The van der Waals surface area contributed by atoms with Gasteiger partial charge in [-0.25, -0.2) is 0 Å². The van der Waals surface area contributed by atoms with Crippen molar-refractivity contribution >= 4 is 37.3 Å². The molecule has 0 aliphatic carbocycles. The summed E-state index contributed by atoms with van der Waals surface area (Å²) in [5.41, 5.74) is 3.19. The summed E-state index contributed by atoms with van der Waals surface area (Å²) >= 11 is 0. The summed E-state index contributed by atoms with van der Waals surface area (Å²) in [6.45, 7) is 15.1. The van der Waals surface area contributed by atoms with Gasteiger partial charge < -0.3 is 0 Å². The molecule has 0 saturated heterocycles. The van der Waals surface area contributed by atoms with E-state index >= 15 is 0 Å². The third kappa shape index (κ3) is 1.85. The van der Waals surface area contributed by atoms with Crippen LogP contribution >= 0.6 is 0 Å². The van der Waals surface area contributed by atoms with Gasteiger partial charge in [-0.05, 0) is 35.7 Å². The fraction of sp³-hybridized carbons (Fsp3) is 0.444. The van der Waals surface area contributed by atoms with Crippen molar-refractivity contribution < 1.29 is 0 Å². The van der Waals surface area contributed by atoms with E-state index in [4.69, 9.17) is 0 Å². The Bertz CT molecular complexity index is 636. The number of hydrogen-bond acceptors (Lipinski definition) is 0. The minimum absolute atomic E-state index is 1.26. The maximum Gasteiger partial charge on any atom is 0.0806 e. The van der Waals surface area contributed by atoms with E-state index in [9.17, 15) is 0 Å². The maximum absolute atomic E-state index is 2.58. The largest absolute Gasteiger partial charge is 0.0806 e. The van der Waals surface area contributed by atoms with Gasteiger partial charge in [-0.1, -0.05) is 72.9 Å². The van der Waals surface area contributed by atoms with Gasteiger partial charge in [0.15, 0.2) is 0 Å². The molecule has 0 radical (unpaired) electrons. The maximum atomic E-state index is 2.58. The molecule has 0 N–H and O–H groups in total. The fourth-order valence-corrected chi connectivity index (χ4v) is 15.9. The minimum Gasteiger partial charge on any atom is -0.0654 e. The summed E-state index contributed by atoms with van der Waals surface area (Å²) in [5.74, 6) is 0. The Labute approximate surface area is 125 Å². The summed E-state index contributed by atoms with van der Waals surface area (Å²) in [4.78, 5) is 0. The molecule has 1 aliphatic rings. The number of aryl methyl sites for hydroxylation is 2.